The first-order chi connectivity index (χ1) is 9.74. The Morgan fingerprint density at radius 3 is 2.80 bits per heavy atom. The third-order valence-corrected chi connectivity index (χ3v) is 4.50. The molecule has 0 aromatic heterocycles. The average Bonchev–Trinajstić information content (AvgIpc) is 2.46. The maximum Gasteiger partial charge on any atom is 0.0741 e. The fourth-order valence-corrected chi connectivity index (χ4v) is 3.11. The number of ether oxygens (including phenoxy) is 3. The fraction of sp³-hybridized carbons (Fsp3) is 1.00. The van der Waals surface area contributed by atoms with Crippen LogP contribution >= 0.6 is 0 Å². The molecule has 2 aliphatic rings. The summed E-state index contributed by atoms with van der Waals surface area (Å²) in [4.78, 5) is 2.31. The SMILES string of the molecule is COCCN(C)CCNC1CCOC2(CCOCC2)C1. The molecule has 1 spiro atoms. The average molecular weight is 286 g/mol. The summed E-state index contributed by atoms with van der Waals surface area (Å²) in [6, 6.07) is 0.595. The lowest BCUT2D eigenvalue weighted by Crippen LogP contribution is -2.50. The van der Waals surface area contributed by atoms with E-state index in [9.17, 15) is 0 Å². The van der Waals surface area contributed by atoms with E-state index in [4.69, 9.17) is 14.2 Å². The lowest BCUT2D eigenvalue weighted by molar-refractivity contribution is -0.140. The van der Waals surface area contributed by atoms with Crippen molar-refractivity contribution in [3.8, 4) is 0 Å². The molecule has 2 heterocycles. The first-order valence-electron chi connectivity index (χ1n) is 7.87. The number of hydrogen-bond acceptors (Lipinski definition) is 5. The smallest absolute Gasteiger partial charge is 0.0741 e. The molecule has 0 radical (unpaired) electrons. The Kier molecular flexibility index (Phi) is 6.71. The first-order valence-corrected chi connectivity index (χ1v) is 7.87. The van der Waals surface area contributed by atoms with Gasteiger partial charge in [-0.15, -0.1) is 0 Å². The Morgan fingerprint density at radius 2 is 2.05 bits per heavy atom. The van der Waals surface area contributed by atoms with Crippen LogP contribution in [0.25, 0.3) is 0 Å². The number of likely N-dealkylation sites (N-methyl/N-ethyl adjacent to an activating group) is 1. The van der Waals surface area contributed by atoms with E-state index in [1.807, 2.05) is 0 Å². The minimum absolute atomic E-state index is 0.0934. The van der Waals surface area contributed by atoms with E-state index in [1.54, 1.807) is 7.11 Å². The molecule has 2 aliphatic heterocycles. The summed E-state index contributed by atoms with van der Waals surface area (Å²) in [6.45, 7) is 6.49. The highest BCUT2D eigenvalue weighted by Gasteiger charge is 2.38. The number of nitrogens with one attached hydrogen (secondary N) is 1. The van der Waals surface area contributed by atoms with Crippen molar-refractivity contribution in [1.29, 1.82) is 0 Å². The van der Waals surface area contributed by atoms with Gasteiger partial charge in [0.25, 0.3) is 0 Å². The van der Waals surface area contributed by atoms with Crippen molar-refractivity contribution in [3.05, 3.63) is 0 Å². The molecule has 2 fully saturated rings. The van der Waals surface area contributed by atoms with Gasteiger partial charge in [0, 0.05) is 52.6 Å². The summed E-state index contributed by atoms with van der Waals surface area (Å²) in [5.74, 6) is 0. The maximum atomic E-state index is 6.07. The number of hydrogen-bond donors (Lipinski definition) is 1. The molecule has 0 aliphatic carbocycles. The Balaban J connectivity index is 1.65. The van der Waals surface area contributed by atoms with Crippen molar-refractivity contribution in [3.63, 3.8) is 0 Å². The molecule has 118 valence electrons. The van der Waals surface area contributed by atoms with Crippen LogP contribution in [0.3, 0.4) is 0 Å². The molecule has 0 aromatic rings. The largest absolute Gasteiger partial charge is 0.383 e. The van der Waals surface area contributed by atoms with E-state index in [-0.39, 0.29) is 5.60 Å². The van der Waals surface area contributed by atoms with Gasteiger partial charge in [0.05, 0.1) is 12.2 Å². The zero-order valence-electron chi connectivity index (χ0n) is 13.0. The molecule has 0 saturated carbocycles. The number of nitrogens with zero attached hydrogens (tertiary/aromatic N) is 1. The van der Waals surface area contributed by atoms with Crippen LogP contribution in [0.5, 0.6) is 0 Å². The van der Waals surface area contributed by atoms with Crippen molar-refractivity contribution in [2.75, 3.05) is 60.2 Å². The van der Waals surface area contributed by atoms with E-state index in [1.165, 1.54) is 0 Å². The quantitative estimate of drug-likeness (QED) is 0.753. The summed E-state index contributed by atoms with van der Waals surface area (Å²) in [6.07, 6.45) is 4.38. The molecule has 20 heavy (non-hydrogen) atoms. The molecular formula is C15H30N2O3. The number of rotatable bonds is 7. The highest BCUT2D eigenvalue weighted by atomic mass is 16.5. The normalized spacial score (nSPS) is 26.2. The standard InChI is InChI=1S/C15H30N2O3/c1-17(8-12-18-2)7-6-16-14-3-9-20-15(13-14)4-10-19-11-5-15/h14,16H,3-13H2,1-2H3. The zero-order chi connectivity index (χ0) is 14.3. The predicted molar refractivity (Wildman–Crippen MR) is 79.1 cm³/mol. The van der Waals surface area contributed by atoms with Crippen molar-refractivity contribution in [2.45, 2.75) is 37.3 Å². The molecule has 2 rings (SSSR count). The third-order valence-electron chi connectivity index (χ3n) is 4.50. The summed E-state index contributed by atoms with van der Waals surface area (Å²) in [7, 11) is 3.89. The minimum Gasteiger partial charge on any atom is -0.383 e. The summed E-state index contributed by atoms with van der Waals surface area (Å²) >= 11 is 0. The Morgan fingerprint density at radius 1 is 1.25 bits per heavy atom. The zero-order valence-corrected chi connectivity index (χ0v) is 13.0. The van der Waals surface area contributed by atoms with Gasteiger partial charge in [-0.3, -0.25) is 0 Å². The van der Waals surface area contributed by atoms with E-state index < -0.39 is 0 Å². The van der Waals surface area contributed by atoms with Crippen molar-refractivity contribution < 1.29 is 14.2 Å². The number of methoxy groups -OCH3 is 1. The highest BCUT2D eigenvalue weighted by molar-refractivity contribution is 4.91. The second kappa shape index (κ2) is 8.29. The molecule has 1 unspecified atom stereocenters. The van der Waals surface area contributed by atoms with Gasteiger partial charge in [-0.25, -0.2) is 0 Å². The van der Waals surface area contributed by atoms with Crippen molar-refractivity contribution >= 4 is 0 Å². The highest BCUT2D eigenvalue weighted by Crippen LogP contribution is 2.34. The van der Waals surface area contributed by atoms with Crippen molar-refractivity contribution in [2.24, 2.45) is 0 Å². The summed E-state index contributed by atoms with van der Waals surface area (Å²) < 4.78 is 16.6. The molecular weight excluding hydrogens is 256 g/mol. The van der Waals surface area contributed by atoms with Gasteiger partial charge in [-0.2, -0.15) is 0 Å². The molecule has 2 saturated heterocycles. The van der Waals surface area contributed by atoms with Crippen LogP contribution in [-0.2, 0) is 14.2 Å². The van der Waals surface area contributed by atoms with Crippen LogP contribution in [0.15, 0.2) is 0 Å². The Bertz CT molecular complexity index is 264. The molecule has 0 aromatic carbocycles. The molecule has 5 heteroatoms. The van der Waals surface area contributed by atoms with Gasteiger partial charge in [0.2, 0.25) is 0 Å². The van der Waals surface area contributed by atoms with Gasteiger partial charge in [-0.1, -0.05) is 0 Å². The second-order valence-electron chi connectivity index (χ2n) is 6.08. The lowest BCUT2D eigenvalue weighted by Gasteiger charge is -2.43. The monoisotopic (exact) mass is 286 g/mol. The lowest BCUT2D eigenvalue weighted by atomic mass is 9.84. The van der Waals surface area contributed by atoms with Gasteiger partial charge in [-0.05, 0) is 32.7 Å². The minimum atomic E-state index is 0.0934. The van der Waals surface area contributed by atoms with Crippen LogP contribution in [-0.4, -0.2) is 76.8 Å². The Labute approximate surface area is 122 Å². The molecule has 0 bridgehead atoms. The maximum absolute atomic E-state index is 6.07. The van der Waals surface area contributed by atoms with Crippen molar-refractivity contribution in [1.82, 2.24) is 10.2 Å². The van der Waals surface area contributed by atoms with E-state index >= 15 is 0 Å². The van der Waals surface area contributed by atoms with Crippen LogP contribution in [0, 0.1) is 0 Å². The molecule has 0 amide bonds. The molecule has 1 N–H and O–H groups in total. The molecule has 1 atom stereocenters. The van der Waals surface area contributed by atoms with Crippen LogP contribution in [0.2, 0.25) is 0 Å². The topological polar surface area (TPSA) is 43.0 Å². The first kappa shape index (κ1) is 16.2. The van der Waals surface area contributed by atoms with Gasteiger partial charge in [0.1, 0.15) is 0 Å². The third kappa shape index (κ3) is 4.97. The molecule has 5 nitrogen and oxygen atoms in total. The van der Waals surface area contributed by atoms with E-state index in [0.29, 0.717) is 6.04 Å². The van der Waals surface area contributed by atoms with E-state index in [0.717, 1.165) is 71.7 Å². The van der Waals surface area contributed by atoms with Crippen LogP contribution in [0.4, 0.5) is 0 Å². The predicted octanol–water partition coefficient (Wildman–Crippen LogP) is 0.882. The summed E-state index contributed by atoms with van der Waals surface area (Å²) in [5, 5.41) is 3.70. The van der Waals surface area contributed by atoms with Crippen LogP contribution in [0.1, 0.15) is 25.7 Å². The van der Waals surface area contributed by atoms with Gasteiger partial charge < -0.3 is 24.4 Å². The summed E-state index contributed by atoms with van der Waals surface area (Å²) in [5.41, 5.74) is 0.0934. The van der Waals surface area contributed by atoms with Crippen LogP contribution < -0.4 is 5.32 Å². The van der Waals surface area contributed by atoms with Gasteiger partial charge >= 0.3 is 0 Å². The van der Waals surface area contributed by atoms with E-state index in [2.05, 4.69) is 17.3 Å². The van der Waals surface area contributed by atoms with Gasteiger partial charge in [0.15, 0.2) is 0 Å². The second-order valence-corrected chi connectivity index (χ2v) is 6.08. The Hall–Kier alpha value is -0.200. The fourth-order valence-electron chi connectivity index (χ4n) is 3.11.